The highest BCUT2D eigenvalue weighted by atomic mass is 19.1. The van der Waals surface area contributed by atoms with E-state index in [1.807, 2.05) is 6.07 Å². The predicted octanol–water partition coefficient (Wildman–Crippen LogP) is 5.49. The van der Waals surface area contributed by atoms with E-state index in [1.165, 1.54) is 6.20 Å². The first-order chi connectivity index (χ1) is 17.2. The maximum absolute atomic E-state index is 15.5. The molecule has 4 heterocycles. The number of benzene rings is 2. The highest BCUT2D eigenvalue weighted by Gasteiger charge is 2.31. The van der Waals surface area contributed by atoms with Crippen molar-refractivity contribution < 1.29 is 13.2 Å². The molecule has 0 saturated carbocycles. The van der Waals surface area contributed by atoms with Gasteiger partial charge in [0.15, 0.2) is 5.76 Å². The number of nitrogens with one attached hydrogen (secondary N) is 1. The van der Waals surface area contributed by atoms with Crippen molar-refractivity contribution in [1.29, 1.82) is 0 Å². The molecule has 0 fully saturated rings. The van der Waals surface area contributed by atoms with Gasteiger partial charge in [0.2, 0.25) is 5.89 Å². The summed E-state index contributed by atoms with van der Waals surface area (Å²) in [7, 11) is 1.78. The summed E-state index contributed by atoms with van der Waals surface area (Å²) in [5.41, 5.74) is 5.99. The number of hydrogen-bond acceptors (Lipinski definition) is 5. The highest BCUT2D eigenvalue weighted by molar-refractivity contribution is 5.85. The maximum atomic E-state index is 15.5. The molecule has 2 aromatic carbocycles. The Morgan fingerprint density at radius 2 is 1.83 bits per heavy atom. The van der Waals surface area contributed by atoms with Crippen molar-refractivity contribution >= 4 is 10.9 Å². The molecule has 0 unspecified atom stereocenters. The predicted molar refractivity (Wildman–Crippen MR) is 133 cm³/mol. The Kier molecular flexibility index (Phi) is 5.08. The topological polar surface area (TPSA) is 73.7 Å². The number of nitrogens with zero attached hydrogens (tertiary/aromatic N) is 5. The summed E-state index contributed by atoms with van der Waals surface area (Å²) in [6.07, 6.45) is 2.26. The fraction of sp³-hybridized carbons (Fsp3) is 0.296. The van der Waals surface area contributed by atoms with Gasteiger partial charge in [-0.2, -0.15) is 10.2 Å². The zero-order valence-electron chi connectivity index (χ0n) is 20.8. The van der Waals surface area contributed by atoms with Crippen LogP contribution < -0.4 is 5.32 Å². The molecular formula is C27H26F2N6O. The molecule has 1 aliphatic rings. The van der Waals surface area contributed by atoms with Gasteiger partial charge in [0.25, 0.3) is 0 Å². The number of hydrogen-bond donors (Lipinski definition) is 1. The van der Waals surface area contributed by atoms with Gasteiger partial charge in [0.1, 0.15) is 17.3 Å². The number of aryl methyl sites for hydroxylation is 4. The van der Waals surface area contributed by atoms with Gasteiger partial charge in [-0.25, -0.2) is 18.4 Å². The van der Waals surface area contributed by atoms with Gasteiger partial charge in [-0.1, -0.05) is 0 Å². The van der Waals surface area contributed by atoms with Crippen molar-refractivity contribution in [2.45, 2.75) is 40.2 Å². The molecule has 0 spiro atoms. The Labute approximate surface area is 206 Å². The normalized spacial score (nSPS) is 15.6. The minimum atomic E-state index is -0.401. The molecule has 5 aromatic rings. The van der Waals surface area contributed by atoms with Crippen LogP contribution in [0.15, 0.2) is 34.9 Å². The van der Waals surface area contributed by atoms with E-state index in [2.05, 4.69) is 17.3 Å². The molecule has 6 rings (SSSR count). The van der Waals surface area contributed by atoms with Crippen LogP contribution in [0.25, 0.3) is 39.5 Å². The Morgan fingerprint density at radius 1 is 1.08 bits per heavy atom. The largest absolute Gasteiger partial charge is 0.434 e. The molecule has 0 bridgehead atoms. The Bertz CT molecular complexity index is 1640. The average Bonchev–Trinajstić information content (AvgIpc) is 3.53. The van der Waals surface area contributed by atoms with E-state index in [0.29, 0.717) is 50.6 Å². The minimum absolute atomic E-state index is 0.0132. The molecule has 0 saturated heterocycles. The molecule has 0 amide bonds. The summed E-state index contributed by atoms with van der Waals surface area (Å²) >= 11 is 0. The molecule has 7 nitrogen and oxygen atoms in total. The Hall–Kier alpha value is -3.85. The molecule has 3 aromatic heterocycles. The quantitative estimate of drug-likeness (QED) is 0.364. The van der Waals surface area contributed by atoms with E-state index in [1.54, 1.807) is 55.4 Å². The molecule has 184 valence electrons. The third-order valence-corrected chi connectivity index (χ3v) is 7.02. The van der Waals surface area contributed by atoms with Crippen molar-refractivity contribution in [2.24, 2.45) is 7.05 Å². The van der Waals surface area contributed by atoms with E-state index in [-0.39, 0.29) is 11.9 Å². The van der Waals surface area contributed by atoms with E-state index in [0.717, 1.165) is 29.9 Å². The monoisotopic (exact) mass is 488 g/mol. The van der Waals surface area contributed by atoms with Crippen LogP contribution in [0.4, 0.5) is 8.78 Å². The molecule has 1 atom stereocenters. The lowest BCUT2D eigenvalue weighted by molar-refractivity contribution is 0.534. The van der Waals surface area contributed by atoms with Gasteiger partial charge in [-0.3, -0.25) is 4.68 Å². The van der Waals surface area contributed by atoms with E-state index >= 15 is 4.39 Å². The van der Waals surface area contributed by atoms with Crippen molar-refractivity contribution in [3.05, 3.63) is 70.2 Å². The lowest BCUT2D eigenvalue weighted by atomic mass is 9.99. The molecular weight excluding hydrogens is 462 g/mol. The Balaban J connectivity index is 1.57. The summed E-state index contributed by atoms with van der Waals surface area (Å²) in [5.74, 6) is 0.0688. The maximum Gasteiger partial charge on any atom is 0.246 e. The zero-order chi connectivity index (χ0) is 25.3. The Morgan fingerprint density at radius 3 is 2.58 bits per heavy atom. The molecule has 1 N–H and O–H groups in total. The first kappa shape index (κ1) is 22.6. The summed E-state index contributed by atoms with van der Waals surface area (Å²) in [4.78, 5) is 4.73. The fourth-order valence-electron chi connectivity index (χ4n) is 5.18. The van der Waals surface area contributed by atoms with Gasteiger partial charge in [-0.15, -0.1) is 0 Å². The lowest BCUT2D eigenvalue weighted by Crippen LogP contribution is -2.27. The minimum Gasteiger partial charge on any atom is -0.434 e. The smallest absolute Gasteiger partial charge is 0.246 e. The fourth-order valence-corrected chi connectivity index (χ4v) is 5.18. The number of aromatic nitrogens is 5. The standard InChI is InChI=1S/C27H26F2N6O/c1-13-10-17(11-14(2)23(13)28)35-25(22-15(3)30-9-8-20(22)33-35)27-32-16(4)26(36-27)18-6-7-21-19(24(18)29)12-31-34(21)5/h6-7,10-12,15,30H,8-9H2,1-5H3/t15-/m0/s1. The van der Waals surface area contributed by atoms with Crippen molar-refractivity contribution in [1.82, 2.24) is 29.9 Å². The van der Waals surface area contributed by atoms with Gasteiger partial charge in [-0.05, 0) is 63.1 Å². The van der Waals surface area contributed by atoms with Crippen molar-refractivity contribution in [3.63, 3.8) is 0 Å². The third-order valence-electron chi connectivity index (χ3n) is 7.02. The van der Waals surface area contributed by atoms with Crippen LogP contribution in [0.3, 0.4) is 0 Å². The van der Waals surface area contributed by atoms with Gasteiger partial charge in [0.05, 0.1) is 39.7 Å². The number of rotatable bonds is 3. The lowest BCUT2D eigenvalue weighted by Gasteiger charge is -2.20. The summed E-state index contributed by atoms with van der Waals surface area (Å²) in [5, 5.41) is 13.0. The SMILES string of the molecule is Cc1cc(-n2nc3c(c2-c2nc(C)c(-c4ccc5c(cnn5C)c4F)o2)[C@H](C)NCC3)cc(C)c1F. The first-order valence-electron chi connectivity index (χ1n) is 11.9. The number of halogens is 2. The second kappa shape index (κ2) is 8.09. The second-order valence-corrected chi connectivity index (χ2v) is 9.50. The first-order valence-corrected chi connectivity index (χ1v) is 11.9. The van der Waals surface area contributed by atoms with Gasteiger partial charge in [0, 0.05) is 31.6 Å². The van der Waals surface area contributed by atoms with E-state index in [9.17, 15) is 4.39 Å². The highest BCUT2D eigenvalue weighted by Crippen LogP contribution is 2.39. The molecule has 36 heavy (non-hydrogen) atoms. The van der Waals surface area contributed by atoms with Crippen LogP contribution in [-0.4, -0.2) is 31.1 Å². The van der Waals surface area contributed by atoms with Gasteiger partial charge >= 0.3 is 0 Å². The van der Waals surface area contributed by atoms with Crippen LogP contribution in [0.1, 0.15) is 41.0 Å². The molecule has 9 heteroatoms. The summed E-state index contributed by atoms with van der Waals surface area (Å²) in [6.45, 7) is 8.16. The molecule has 0 aliphatic carbocycles. The van der Waals surface area contributed by atoms with Gasteiger partial charge < -0.3 is 9.73 Å². The number of oxazole rings is 1. The third kappa shape index (κ3) is 3.30. The second-order valence-electron chi connectivity index (χ2n) is 9.50. The van der Waals surface area contributed by atoms with Crippen LogP contribution in [0, 0.1) is 32.4 Å². The summed E-state index contributed by atoms with van der Waals surface area (Å²) < 4.78 is 39.6. The van der Waals surface area contributed by atoms with Crippen LogP contribution >= 0.6 is 0 Å². The average molecular weight is 489 g/mol. The van der Waals surface area contributed by atoms with Crippen LogP contribution in [0.2, 0.25) is 0 Å². The van der Waals surface area contributed by atoms with Crippen LogP contribution in [0.5, 0.6) is 0 Å². The zero-order valence-corrected chi connectivity index (χ0v) is 20.8. The number of fused-ring (bicyclic) bond motifs is 2. The molecule has 1 aliphatic heterocycles. The molecule has 0 radical (unpaired) electrons. The van der Waals surface area contributed by atoms with Crippen LogP contribution in [-0.2, 0) is 13.5 Å². The van der Waals surface area contributed by atoms with Crippen molar-refractivity contribution in [2.75, 3.05) is 6.54 Å². The van der Waals surface area contributed by atoms with E-state index < -0.39 is 5.82 Å². The van der Waals surface area contributed by atoms with Crippen molar-refractivity contribution in [3.8, 4) is 28.6 Å². The summed E-state index contributed by atoms with van der Waals surface area (Å²) in [6, 6.07) is 7.08. The van der Waals surface area contributed by atoms with E-state index in [4.69, 9.17) is 14.5 Å².